The zero-order valence-electron chi connectivity index (χ0n) is 27.5. The third kappa shape index (κ3) is 8.30. The number of benzene rings is 2. The third-order valence-corrected chi connectivity index (χ3v) is 8.01. The fraction of sp³-hybridized carbons (Fsp3) is 0.472. The minimum atomic E-state index is -1.60. The van der Waals surface area contributed by atoms with Crippen molar-refractivity contribution in [3.63, 3.8) is 0 Å². The number of hydrogen-bond acceptors (Lipinski definition) is 9. The van der Waals surface area contributed by atoms with Crippen molar-refractivity contribution in [1.29, 1.82) is 0 Å². The smallest absolute Gasteiger partial charge is 0.417 e. The molecule has 0 aliphatic carbocycles. The summed E-state index contributed by atoms with van der Waals surface area (Å²) in [5.41, 5.74) is 2.69. The molecule has 0 bridgehead atoms. The summed E-state index contributed by atoms with van der Waals surface area (Å²) in [6.07, 6.45) is -1.86. The van der Waals surface area contributed by atoms with Gasteiger partial charge in [-0.3, -0.25) is 9.59 Å². The summed E-state index contributed by atoms with van der Waals surface area (Å²) in [5.74, 6) is -1.09. The Morgan fingerprint density at radius 3 is 2.46 bits per heavy atom. The number of furan rings is 1. The van der Waals surface area contributed by atoms with Gasteiger partial charge in [-0.2, -0.15) is 0 Å². The fourth-order valence-corrected chi connectivity index (χ4v) is 5.95. The molecular weight excluding hydrogens is 590 g/mol. The second-order valence-corrected chi connectivity index (χ2v) is 12.4. The normalized spacial score (nSPS) is 17.3. The molecule has 0 spiro atoms. The number of hydrogen-bond donors (Lipinski definition) is 1. The molecule has 46 heavy (non-hydrogen) atoms. The molecule has 1 aliphatic rings. The molecule has 0 saturated carbocycles. The van der Waals surface area contributed by atoms with Gasteiger partial charge in [-0.15, -0.1) is 0 Å². The average molecular weight is 636 g/mol. The van der Waals surface area contributed by atoms with E-state index < -0.39 is 41.6 Å². The van der Waals surface area contributed by atoms with Crippen molar-refractivity contribution < 1.29 is 42.9 Å². The van der Waals surface area contributed by atoms with Crippen LogP contribution >= 0.6 is 0 Å². The number of Topliss-reactive ketones (excluding diaryl/α,β-unsaturated/α-hetero) is 1. The molecule has 248 valence electrons. The predicted octanol–water partition coefficient (Wildman–Crippen LogP) is 5.76. The number of rotatable bonds is 16. The number of methoxy groups -OCH3 is 1. The van der Waals surface area contributed by atoms with E-state index in [4.69, 9.17) is 23.4 Å². The average Bonchev–Trinajstić information content (AvgIpc) is 3.56. The van der Waals surface area contributed by atoms with Crippen molar-refractivity contribution >= 4 is 17.8 Å². The minimum Gasteiger partial charge on any atom is -0.457 e. The van der Waals surface area contributed by atoms with E-state index in [1.54, 1.807) is 19.9 Å². The summed E-state index contributed by atoms with van der Waals surface area (Å²) in [7, 11) is 1.25. The van der Waals surface area contributed by atoms with Gasteiger partial charge in [0.25, 0.3) is 5.91 Å². The number of amides is 2. The lowest BCUT2D eigenvalue weighted by Gasteiger charge is -2.31. The van der Waals surface area contributed by atoms with Crippen LogP contribution in [0.25, 0.3) is 11.1 Å². The summed E-state index contributed by atoms with van der Waals surface area (Å²) in [6, 6.07) is 18.6. The number of cyclic esters (lactones) is 1. The highest BCUT2D eigenvalue weighted by Crippen LogP contribution is 2.35. The van der Waals surface area contributed by atoms with E-state index in [1.807, 2.05) is 75.4 Å². The highest BCUT2D eigenvalue weighted by atomic mass is 16.6. The Morgan fingerprint density at radius 1 is 1.07 bits per heavy atom. The number of carbonyl (C=O) groups is 3. The van der Waals surface area contributed by atoms with Gasteiger partial charge in [0.2, 0.25) is 11.9 Å². The first-order valence-corrected chi connectivity index (χ1v) is 15.6. The van der Waals surface area contributed by atoms with Crippen LogP contribution < -0.4 is 0 Å². The Balaban J connectivity index is 1.46. The number of aryl methyl sites for hydroxylation is 2. The lowest BCUT2D eigenvalue weighted by Crippen LogP contribution is -2.53. The van der Waals surface area contributed by atoms with Crippen molar-refractivity contribution in [1.82, 2.24) is 4.90 Å². The SMILES string of the molecule is COC(C(=O)c1cc(-c2cccc(C)c2)c(CCCOCC(CO)OCc2ccccc2)o1)C(=O)N1C(=O)OC(C)(C)C1C(C)C. The molecule has 1 saturated heterocycles. The first-order chi connectivity index (χ1) is 22.0. The van der Waals surface area contributed by atoms with Crippen LogP contribution in [0.1, 0.15) is 61.6 Å². The Bertz CT molecular complexity index is 1480. The monoisotopic (exact) mass is 635 g/mol. The molecule has 10 heteroatoms. The number of carbonyl (C=O) groups excluding carboxylic acids is 3. The molecule has 1 fully saturated rings. The van der Waals surface area contributed by atoms with Gasteiger partial charge >= 0.3 is 6.09 Å². The van der Waals surface area contributed by atoms with Crippen LogP contribution in [-0.2, 0) is 36.8 Å². The summed E-state index contributed by atoms with van der Waals surface area (Å²) < 4.78 is 28.6. The van der Waals surface area contributed by atoms with Gasteiger partial charge in [0, 0.05) is 25.7 Å². The summed E-state index contributed by atoms with van der Waals surface area (Å²) in [4.78, 5) is 41.2. The van der Waals surface area contributed by atoms with E-state index in [-0.39, 0.29) is 24.9 Å². The molecular formula is C36H45NO9. The molecule has 2 heterocycles. The van der Waals surface area contributed by atoms with Gasteiger partial charge < -0.3 is 28.5 Å². The Morgan fingerprint density at radius 2 is 1.80 bits per heavy atom. The molecule has 2 aromatic carbocycles. The number of ketones is 1. The molecule has 4 rings (SSSR count). The van der Waals surface area contributed by atoms with E-state index in [9.17, 15) is 19.5 Å². The molecule has 1 aliphatic heterocycles. The number of aliphatic hydroxyl groups is 1. The molecule has 2 amide bonds. The Hall–Kier alpha value is -3.83. The van der Waals surface area contributed by atoms with Crippen LogP contribution in [0.3, 0.4) is 0 Å². The van der Waals surface area contributed by atoms with Gasteiger partial charge in [0.1, 0.15) is 17.5 Å². The van der Waals surface area contributed by atoms with Crippen LogP contribution in [0.2, 0.25) is 0 Å². The minimum absolute atomic E-state index is 0.0461. The highest BCUT2D eigenvalue weighted by Gasteiger charge is 2.54. The highest BCUT2D eigenvalue weighted by molar-refractivity contribution is 6.14. The summed E-state index contributed by atoms with van der Waals surface area (Å²) in [5, 5.41) is 9.72. The topological polar surface area (TPSA) is 125 Å². The van der Waals surface area contributed by atoms with Crippen molar-refractivity contribution in [3.05, 3.63) is 83.3 Å². The second-order valence-electron chi connectivity index (χ2n) is 12.4. The summed E-state index contributed by atoms with van der Waals surface area (Å²) in [6.45, 7) is 10.0. The van der Waals surface area contributed by atoms with E-state index in [1.165, 1.54) is 7.11 Å². The molecule has 3 atom stereocenters. The van der Waals surface area contributed by atoms with E-state index in [0.717, 1.165) is 27.2 Å². The zero-order valence-corrected chi connectivity index (χ0v) is 27.5. The molecule has 1 aromatic heterocycles. The van der Waals surface area contributed by atoms with Gasteiger partial charge in [0.05, 0.1) is 25.9 Å². The molecule has 0 radical (unpaired) electrons. The number of imide groups is 1. The van der Waals surface area contributed by atoms with Gasteiger partial charge in [-0.1, -0.05) is 74.0 Å². The molecule has 3 unspecified atom stereocenters. The fourth-order valence-electron chi connectivity index (χ4n) is 5.95. The lowest BCUT2D eigenvalue weighted by molar-refractivity contribution is -0.138. The second kappa shape index (κ2) is 15.6. The van der Waals surface area contributed by atoms with Crippen LogP contribution in [0.15, 0.2) is 65.1 Å². The van der Waals surface area contributed by atoms with Gasteiger partial charge in [-0.25, -0.2) is 9.69 Å². The maximum atomic E-state index is 13.8. The van der Waals surface area contributed by atoms with E-state index >= 15 is 0 Å². The maximum absolute atomic E-state index is 13.8. The van der Waals surface area contributed by atoms with Crippen LogP contribution in [0.4, 0.5) is 4.79 Å². The lowest BCUT2D eigenvalue weighted by atomic mass is 9.88. The number of nitrogens with zero attached hydrogens (tertiary/aromatic N) is 1. The van der Waals surface area contributed by atoms with Crippen molar-refractivity contribution in [3.8, 4) is 11.1 Å². The largest absolute Gasteiger partial charge is 0.457 e. The number of ether oxygens (including phenoxy) is 4. The van der Waals surface area contributed by atoms with Crippen LogP contribution in [-0.4, -0.2) is 78.6 Å². The number of aliphatic hydroxyl groups excluding tert-OH is 1. The van der Waals surface area contributed by atoms with Gasteiger partial charge in [-0.05, 0) is 50.3 Å². The van der Waals surface area contributed by atoms with Crippen molar-refractivity contribution in [2.24, 2.45) is 5.92 Å². The van der Waals surface area contributed by atoms with E-state index in [2.05, 4.69) is 0 Å². The quantitative estimate of drug-likeness (QED) is 0.119. The molecule has 10 nitrogen and oxygen atoms in total. The Kier molecular flexibility index (Phi) is 11.9. The molecule has 3 aromatic rings. The van der Waals surface area contributed by atoms with Crippen molar-refractivity contribution in [2.45, 2.75) is 77.9 Å². The van der Waals surface area contributed by atoms with Gasteiger partial charge in [0.15, 0.2) is 5.76 Å². The van der Waals surface area contributed by atoms with Crippen molar-refractivity contribution in [2.75, 3.05) is 26.9 Å². The molecule has 1 N–H and O–H groups in total. The first-order valence-electron chi connectivity index (χ1n) is 15.6. The first kappa shape index (κ1) is 35.0. The zero-order chi connectivity index (χ0) is 33.4. The van der Waals surface area contributed by atoms with Crippen LogP contribution in [0.5, 0.6) is 0 Å². The van der Waals surface area contributed by atoms with Crippen LogP contribution in [0, 0.1) is 12.8 Å². The maximum Gasteiger partial charge on any atom is 0.417 e. The third-order valence-electron chi connectivity index (χ3n) is 8.01. The summed E-state index contributed by atoms with van der Waals surface area (Å²) >= 11 is 0. The van der Waals surface area contributed by atoms with E-state index in [0.29, 0.717) is 31.8 Å². The predicted molar refractivity (Wildman–Crippen MR) is 171 cm³/mol. The Labute approximate surface area is 270 Å². The standard InChI is InChI=1S/C36H45NO9/c1-23(2)33-36(4,5)46-35(41)37(33)34(40)32(42-6)31(39)30-19-28(26-15-10-12-24(3)18-26)29(45-30)16-11-17-43-22-27(20-38)44-21-25-13-8-7-9-14-25/h7-10,12-15,18-19,23,27,32-33,38H,11,16-17,20-22H2,1-6H3.